The van der Waals surface area contributed by atoms with Crippen LogP contribution in [0.3, 0.4) is 0 Å². The van der Waals surface area contributed by atoms with Crippen molar-refractivity contribution in [2.24, 2.45) is 5.16 Å². The van der Waals surface area contributed by atoms with Crippen molar-refractivity contribution in [3.63, 3.8) is 0 Å². The summed E-state index contributed by atoms with van der Waals surface area (Å²) in [6.07, 6.45) is 1.34. The van der Waals surface area contributed by atoms with Crippen LogP contribution >= 0.6 is 0 Å². The van der Waals surface area contributed by atoms with Gasteiger partial charge in [-0.05, 0) is 45.0 Å². The SMILES string of the molecule is CC(C)=NO/C(C)=C/C(=O)Nc1ccc(N)cc1. The fraction of sp³-hybridized carbons (Fsp3) is 0.231. The number of nitrogen functional groups attached to an aromatic ring is 1. The second kappa shape index (κ2) is 6.44. The quantitative estimate of drug-likeness (QED) is 0.282. The van der Waals surface area contributed by atoms with Crippen molar-refractivity contribution in [3.05, 3.63) is 36.1 Å². The predicted molar refractivity (Wildman–Crippen MR) is 73.1 cm³/mol. The van der Waals surface area contributed by atoms with Gasteiger partial charge in [-0.15, -0.1) is 0 Å². The summed E-state index contributed by atoms with van der Waals surface area (Å²) in [4.78, 5) is 16.6. The number of hydrogen-bond acceptors (Lipinski definition) is 4. The highest BCUT2D eigenvalue weighted by Crippen LogP contribution is 2.10. The minimum absolute atomic E-state index is 0.277. The molecule has 0 aliphatic heterocycles. The molecule has 0 heterocycles. The molecule has 0 aromatic heterocycles. The molecule has 0 bridgehead atoms. The van der Waals surface area contributed by atoms with Gasteiger partial charge in [-0.2, -0.15) is 0 Å². The Kier molecular flexibility index (Phi) is 4.92. The summed E-state index contributed by atoms with van der Waals surface area (Å²) >= 11 is 0. The minimum Gasteiger partial charge on any atom is -0.399 e. The van der Waals surface area contributed by atoms with Gasteiger partial charge in [-0.1, -0.05) is 5.16 Å². The van der Waals surface area contributed by atoms with E-state index in [1.165, 1.54) is 6.08 Å². The molecule has 1 amide bonds. The van der Waals surface area contributed by atoms with Gasteiger partial charge in [0.05, 0.1) is 5.71 Å². The number of nitrogens with zero attached hydrogens (tertiary/aromatic N) is 1. The van der Waals surface area contributed by atoms with Crippen LogP contribution in [0.1, 0.15) is 20.8 Å². The summed E-state index contributed by atoms with van der Waals surface area (Å²) in [7, 11) is 0. The molecule has 18 heavy (non-hydrogen) atoms. The summed E-state index contributed by atoms with van der Waals surface area (Å²) in [6, 6.07) is 6.89. The molecule has 1 aromatic carbocycles. The van der Waals surface area contributed by atoms with Crippen LogP contribution in [0.2, 0.25) is 0 Å². The third-order valence-electron chi connectivity index (χ3n) is 1.88. The van der Waals surface area contributed by atoms with Crippen LogP contribution in [0, 0.1) is 0 Å². The maximum absolute atomic E-state index is 11.6. The van der Waals surface area contributed by atoms with E-state index in [2.05, 4.69) is 10.5 Å². The van der Waals surface area contributed by atoms with E-state index in [-0.39, 0.29) is 5.91 Å². The van der Waals surface area contributed by atoms with E-state index in [1.807, 2.05) is 13.8 Å². The predicted octanol–water partition coefficient (Wildman–Crippen LogP) is 2.52. The molecule has 96 valence electrons. The van der Waals surface area contributed by atoms with E-state index in [0.29, 0.717) is 17.1 Å². The third-order valence-corrected chi connectivity index (χ3v) is 1.88. The topological polar surface area (TPSA) is 76.7 Å². The molecule has 3 N–H and O–H groups in total. The smallest absolute Gasteiger partial charge is 0.251 e. The van der Waals surface area contributed by atoms with Gasteiger partial charge in [0.1, 0.15) is 5.76 Å². The molecule has 1 aromatic rings. The molecule has 0 atom stereocenters. The zero-order valence-electron chi connectivity index (χ0n) is 10.7. The lowest BCUT2D eigenvalue weighted by Crippen LogP contribution is -2.09. The number of hydrogen-bond donors (Lipinski definition) is 2. The standard InChI is InChI=1S/C13H17N3O2/c1-9(2)16-18-10(3)8-13(17)15-12-6-4-11(14)5-7-12/h4-8H,14H2,1-3H3,(H,15,17)/b10-8+. The molecule has 0 saturated carbocycles. The van der Waals surface area contributed by atoms with E-state index in [4.69, 9.17) is 10.6 Å². The van der Waals surface area contributed by atoms with Gasteiger partial charge < -0.3 is 15.9 Å². The number of carbonyl (C=O) groups is 1. The lowest BCUT2D eigenvalue weighted by molar-refractivity contribution is -0.112. The van der Waals surface area contributed by atoms with E-state index >= 15 is 0 Å². The first-order chi connectivity index (χ1) is 8.47. The monoisotopic (exact) mass is 247 g/mol. The van der Waals surface area contributed by atoms with Crippen LogP contribution in [0.4, 0.5) is 11.4 Å². The number of amides is 1. The molecule has 5 heteroatoms. The fourth-order valence-electron chi connectivity index (χ4n) is 1.12. The number of carbonyl (C=O) groups excluding carboxylic acids is 1. The zero-order chi connectivity index (χ0) is 13.5. The van der Waals surface area contributed by atoms with Crippen LogP contribution in [-0.2, 0) is 9.63 Å². The molecular formula is C13H17N3O2. The van der Waals surface area contributed by atoms with Crippen molar-refractivity contribution in [2.45, 2.75) is 20.8 Å². The Balaban J connectivity index is 2.58. The minimum atomic E-state index is -0.277. The summed E-state index contributed by atoms with van der Waals surface area (Å²) in [6.45, 7) is 5.28. The number of nitrogens with two attached hydrogens (primary N) is 1. The van der Waals surface area contributed by atoms with Crippen molar-refractivity contribution in [3.8, 4) is 0 Å². The van der Waals surface area contributed by atoms with Gasteiger partial charge in [-0.3, -0.25) is 4.79 Å². The van der Waals surface area contributed by atoms with Crippen LogP contribution in [0.5, 0.6) is 0 Å². The first-order valence-corrected chi connectivity index (χ1v) is 5.50. The number of rotatable bonds is 4. The highest BCUT2D eigenvalue weighted by atomic mass is 16.6. The molecule has 0 aliphatic rings. The van der Waals surface area contributed by atoms with Crippen molar-refractivity contribution >= 4 is 23.0 Å². The number of anilines is 2. The van der Waals surface area contributed by atoms with E-state index in [1.54, 1.807) is 31.2 Å². The molecule has 0 aliphatic carbocycles. The van der Waals surface area contributed by atoms with Crippen molar-refractivity contribution in [1.82, 2.24) is 0 Å². The highest BCUT2D eigenvalue weighted by molar-refractivity contribution is 5.99. The Morgan fingerprint density at radius 3 is 2.44 bits per heavy atom. The van der Waals surface area contributed by atoms with Crippen LogP contribution in [-0.4, -0.2) is 11.6 Å². The van der Waals surface area contributed by atoms with Crippen LogP contribution in [0.25, 0.3) is 0 Å². The Bertz CT molecular complexity index is 472. The average molecular weight is 247 g/mol. The van der Waals surface area contributed by atoms with Gasteiger partial charge in [0.2, 0.25) is 0 Å². The lowest BCUT2D eigenvalue weighted by atomic mass is 10.3. The Morgan fingerprint density at radius 2 is 1.89 bits per heavy atom. The first kappa shape index (κ1) is 13.8. The second-order valence-corrected chi connectivity index (χ2v) is 4.00. The Morgan fingerprint density at radius 1 is 1.28 bits per heavy atom. The van der Waals surface area contributed by atoms with Gasteiger partial charge >= 0.3 is 0 Å². The van der Waals surface area contributed by atoms with Crippen molar-refractivity contribution < 1.29 is 9.63 Å². The zero-order valence-corrected chi connectivity index (χ0v) is 10.7. The summed E-state index contributed by atoms with van der Waals surface area (Å²) in [5, 5.41) is 6.44. The van der Waals surface area contributed by atoms with Crippen molar-refractivity contribution in [2.75, 3.05) is 11.1 Å². The second-order valence-electron chi connectivity index (χ2n) is 4.00. The van der Waals surface area contributed by atoms with E-state index in [9.17, 15) is 4.79 Å². The highest BCUT2D eigenvalue weighted by Gasteiger charge is 2.00. The number of oxime groups is 1. The molecule has 0 radical (unpaired) electrons. The van der Waals surface area contributed by atoms with Crippen LogP contribution in [0.15, 0.2) is 41.3 Å². The first-order valence-electron chi connectivity index (χ1n) is 5.50. The lowest BCUT2D eigenvalue weighted by Gasteiger charge is -2.03. The van der Waals surface area contributed by atoms with E-state index < -0.39 is 0 Å². The molecule has 0 saturated heterocycles. The largest absolute Gasteiger partial charge is 0.399 e. The summed E-state index contributed by atoms with van der Waals surface area (Å²) in [5.74, 6) is 0.144. The molecule has 0 fully saturated rings. The number of allylic oxidation sites excluding steroid dienone is 1. The molecule has 0 unspecified atom stereocenters. The van der Waals surface area contributed by atoms with Crippen molar-refractivity contribution in [1.29, 1.82) is 0 Å². The third kappa shape index (κ3) is 5.16. The number of nitrogens with one attached hydrogen (secondary N) is 1. The van der Waals surface area contributed by atoms with Gasteiger partial charge in [0.25, 0.3) is 5.91 Å². The van der Waals surface area contributed by atoms with Gasteiger partial charge in [-0.25, -0.2) is 0 Å². The fourth-order valence-corrected chi connectivity index (χ4v) is 1.12. The van der Waals surface area contributed by atoms with Gasteiger partial charge in [0.15, 0.2) is 0 Å². The van der Waals surface area contributed by atoms with Gasteiger partial charge in [0, 0.05) is 17.5 Å². The summed E-state index contributed by atoms with van der Waals surface area (Å²) < 4.78 is 0. The normalized spacial score (nSPS) is 10.7. The maximum atomic E-state index is 11.6. The average Bonchev–Trinajstić information content (AvgIpc) is 2.29. The number of benzene rings is 1. The molecule has 0 spiro atoms. The molecule has 5 nitrogen and oxygen atoms in total. The van der Waals surface area contributed by atoms with E-state index in [0.717, 1.165) is 5.71 Å². The molecule has 1 rings (SSSR count). The summed E-state index contributed by atoms with van der Waals surface area (Å²) in [5.41, 5.74) is 7.65. The Labute approximate surface area is 106 Å². The Hall–Kier alpha value is -2.30. The van der Waals surface area contributed by atoms with Crippen LogP contribution < -0.4 is 11.1 Å². The maximum Gasteiger partial charge on any atom is 0.251 e. The molecular weight excluding hydrogens is 230 g/mol.